The summed E-state index contributed by atoms with van der Waals surface area (Å²) in [5, 5.41) is 25.2. The molecule has 1 aromatic heterocycles. The molecule has 0 aliphatic carbocycles. The Kier molecular flexibility index (Phi) is 7.10. The number of benzene rings is 1. The van der Waals surface area contributed by atoms with Crippen LogP contribution in [0.25, 0.3) is 0 Å². The Labute approximate surface area is 171 Å². The molecule has 0 spiro atoms. The molecule has 1 aromatic carbocycles. The lowest BCUT2D eigenvalue weighted by Crippen LogP contribution is -2.53. The fraction of sp³-hybridized carbons (Fsp3) is 0.500. The molecule has 158 valence electrons. The molecule has 0 unspecified atom stereocenters. The molecule has 2 rings (SSSR count). The first-order valence-electron chi connectivity index (χ1n) is 9.44. The van der Waals surface area contributed by atoms with Crippen LogP contribution >= 0.6 is 0 Å². The van der Waals surface area contributed by atoms with Crippen LogP contribution in [0.3, 0.4) is 0 Å². The van der Waals surface area contributed by atoms with E-state index in [0.29, 0.717) is 6.54 Å². The molecule has 8 nitrogen and oxygen atoms in total. The van der Waals surface area contributed by atoms with Crippen molar-refractivity contribution in [2.45, 2.75) is 52.4 Å². The van der Waals surface area contributed by atoms with Crippen LogP contribution in [0, 0.1) is 0 Å². The van der Waals surface area contributed by atoms with E-state index in [1.165, 1.54) is 4.68 Å². The normalized spacial score (nSPS) is 12.0. The SMILES string of the molecule is CCOC(=O)c1nn(Cc2ccc(OC)cc2)cc1B(O)OC(C)(C)C(C)(C)O. The summed E-state index contributed by atoms with van der Waals surface area (Å²) >= 11 is 0. The van der Waals surface area contributed by atoms with Gasteiger partial charge in [-0.25, -0.2) is 4.79 Å². The van der Waals surface area contributed by atoms with Crippen LogP contribution in [0.15, 0.2) is 30.5 Å². The number of ether oxygens (including phenoxy) is 2. The van der Waals surface area contributed by atoms with Crippen LogP contribution < -0.4 is 10.2 Å². The van der Waals surface area contributed by atoms with Gasteiger partial charge in [-0.3, -0.25) is 4.68 Å². The highest BCUT2D eigenvalue weighted by Gasteiger charge is 2.41. The molecule has 29 heavy (non-hydrogen) atoms. The predicted molar refractivity (Wildman–Crippen MR) is 109 cm³/mol. The van der Waals surface area contributed by atoms with Crippen molar-refractivity contribution in [1.29, 1.82) is 0 Å². The lowest BCUT2D eigenvalue weighted by molar-refractivity contribution is -0.0982. The van der Waals surface area contributed by atoms with Crippen molar-refractivity contribution in [2.75, 3.05) is 13.7 Å². The quantitative estimate of drug-likeness (QED) is 0.481. The van der Waals surface area contributed by atoms with Gasteiger partial charge < -0.3 is 24.3 Å². The second-order valence-electron chi connectivity index (χ2n) is 7.74. The maximum absolute atomic E-state index is 12.4. The maximum Gasteiger partial charge on any atom is 0.495 e. The summed E-state index contributed by atoms with van der Waals surface area (Å²) in [5.74, 6) is 0.0829. The summed E-state index contributed by atoms with van der Waals surface area (Å²) in [6.45, 7) is 8.71. The number of carbonyl (C=O) groups is 1. The van der Waals surface area contributed by atoms with Crippen molar-refractivity contribution in [1.82, 2.24) is 9.78 Å². The van der Waals surface area contributed by atoms with Gasteiger partial charge in [0.2, 0.25) is 0 Å². The minimum Gasteiger partial charge on any atom is -0.497 e. The smallest absolute Gasteiger partial charge is 0.495 e. The largest absolute Gasteiger partial charge is 0.497 e. The molecule has 2 aromatic rings. The van der Waals surface area contributed by atoms with Crippen molar-refractivity contribution in [2.24, 2.45) is 0 Å². The Bertz CT molecular complexity index is 826. The Hall–Kier alpha value is -2.36. The van der Waals surface area contributed by atoms with E-state index in [0.717, 1.165) is 11.3 Å². The number of aromatic nitrogens is 2. The Morgan fingerprint density at radius 3 is 2.34 bits per heavy atom. The molecule has 9 heteroatoms. The van der Waals surface area contributed by atoms with Crippen molar-refractivity contribution in [3.05, 3.63) is 41.7 Å². The zero-order valence-corrected chi connectivity index (χ0v) is 17.8. The second-order valence-corrected chi connectivity index (χ2v) is 7.74. The van der Waals surface area contributed by atoms with Gasteiger partial charge >= 0.3 is 13.1 Å². The summed E-state index contributed by atoms with van der Waals surface area (Å²) in [4.78, 5) is 12.4. The third-order valence-corrected chi connectivity index (χ3v) is 4.91. The zero-order chi connectivity index (χ0) is 21.8. The Balaban J connectivity index is 2.32. The third kappa shape index (κ3) is 5.59. The number of aliphatic hydroxyl groups is 1. The van der Waals surface area contributed by atoms with E-state index < -0.39 is 24.3 Å². The molecule has 0 radical (unpaired) electrons. The molecule has 0 saturated carbocycles. The van der Waals surface area contributed by atoms with Gasteiger partial charge in [0.05, 0.1) is 31.5 Å². The second kappa shape index (κ2) is 8.98. The van der Waals surface area contributed by atoms with Gasteiger partial charge in [0.15, 0.2) is 5.69 Å². The first-order chi connectivity index (χ1) is 13.5. The van der Waals surface area contributed by atoms with Crippen LogP contribution in [-0.2, 0) is 15.9 Å². The monoisotopic (exact) mass is 404 g/mol. The molecule has 0 saturated heterocycles. The number of carbonyl (C=O) groups excluding carboxylic acids is 1. The average Bonchev–Trinajstić information content (AvgIpc) is 3.05. The van der Waals surface area contributed by atoms with Gasteiger partial charge in [-0.1, -0.05) is 12.1 Å². The van der Waals surface area contributed by atoms with E-state index in [2.05, 4.69) is 5.10 Å². The lowest BCUT2D eigenvalue weighted by Gasteiger charge is -2.38. The fourth-order valence-corrected chi connectivity index (χ4v) is 2.46. The van der Waals surface area contributed by atoms with E-state index >= 15 is 0 Å². The highest BCUT2D eigenvalue weighted by Crippen LogP contribution is 2.25. The summed E-state index contributed by atoms with van der Waals surface area (Å²) in [7, 11) is 0.122. The van der Waals surface area contributed by atoms with Gasteiger partial charge in [0, 0.05) is 11.7 Å². The number of methoxy groups -OCH3 is 1. The molecule has 0 fully saturated rings. The highest BCUT2D eigenvalue weighted by molar-refractivity contribution is 6.61. The standard InChI is InChI=1S/C20H29BN2O6/c1-7-28-18(24)17-16(21(26)29-20(4,5)19(2,3)25)13-23(22-17)12-14-8-10-15(27-6)11-9-14/h8-11,13,25-26H,7,12H2,1-6H3. The zero-order valence-electron chi connectivity index (χ0n) is 17.8. The average molecular weight is 404 g/mol. The molecular weight excluding hydrogens is 375 g/mol. The lowest BCUT2D eigenvalue weighted by atomic mass is 9.76. The molecular formula is C20H29BN2O6. The first-order valence-corrected chi connectivity index (χ1v) is 9.44. The van der Waals surface area contributed by atoms with Gasteiger partial charge in [0.25, 0.3) is 0 Å². The van der Waals surface area contributed by atoms with E-state index in [1.54, 1.807) is 47.9 Å². The highest BCUT2D eigenvalue weighted by atomic mass is 16.6. The van der Waals surface area contributed by atoms with Crippen molar-refractivity contribution < 1.29 is 29.1 Å². The van der Waals surface area contributed by atoms with Crippen molar-refractivity contribution in [3.63, 3.8) is 0 Å². The molecule has 0 atom stereocenters. The van der Waals surface area contributed by atoms with Crippen molar-refractivity contribution >= 4 is 18.6 Å². The first kappa shape index (κ1) is 22.9. The van der Waals surface area contributed by atoms with Gasteiger partial charge in [-0.15, -0.1) is 0 Å². The molecule has 0 aliphatic rings. The minimum absolute atomic E-state index is 0.0283. The molecule has 2 N–H and O–H groups in total. The number of rotatable bonds is 9. The van der Waals surface area contributed by atoms with Gasteiger partial charge in [0.1, 0.15) is 5.75 Å². The van der Waals surface area contributed by atoms with Crippen LogP contribution in [0.2, 0.25) is 0 Å². The molecule has 1 heterocycles. The van der Waals surface area contributed by atoms with E-state index in [9.17, 15) is 14.9 Å². The Morgan fingerprint density at radius 2 is 1.83 bits per heavy atom. The van der Waals surface area contributed by atoms with E-state index in [1.807, 2.05) is 24.3 Å². The topological polar surface area (TPSA) is 103 Å². The molecule has 0 bridgehead atoms. The summed E-state index contributed by atoms with van der Waals surface area (Å²) in [5.41, 5.74) is -1.23. The van der Waals surface area contributed by atoms with Gasteiger partial charge in [-0.2, -0.15) is 5.10 Å². The van der Waals surface area contributed by atoms with E-state index in [-0.39, 0.29) is 17.8 Å². The van der Waals surface area contributed by atoms with Crippen LogP contribution in [0.5, 0.6) is 5.75 Å². The van der Waals surface area contributed by atoms with Crippen LogP contribution in [-0.4, -0.2) is 57.9 Å². The fourth-order valence-electron chi connectivity index (χ4n) is 2.46. The summed E-state index contributed by atoms with van der Waals surface area (Å²) in [6.07, 6.45) is 1.54. The van der Waals surface area contributed by atoms with E-state index in [4.69, 9.17) is 14.1 Å². The summed E-state index contributed by atoms with van der Waals surface area (Å²) in [6, 6.07) is 7.43. The number of hydrogen-bond acceptors (Lipinski definition) is 7. The third-order valence-electron chi connectivity index (χ3n) is 4.91. The number of hydrogen-bond donors (Lipinski definition) is 2. The van der Waals surface area contributed by atoms with Gasteiger partial charge in [-0.05, 0) is 52.3 Å². The Morgan fingerprint density at radius 1 is 1.21 bits per heavy atom. The summed E-state index contributed by atoms with van der Waals surface area (Å²) < 4.78 is 17.4. The number of nitrogens with zero attached hydrogens (tertiary/aromatic N) is 2. The van der Waals surface area contributed by atoms with Crippen molar-refractivity contribution in [3.8, 4) is 5.75 Å². The van der Waals surface area contributed by atoms with Crippen LogP contribution in [0.1, 0.15) is 50.7 Å². The molecule has 0 aliphatic heterocycles. The number of esters is 1. The molecule has 0 amide bonds. The predicted octanol–water partition coefficient (Wildman–Crippen LogP) is 1.37. The minimum atomic E-state index is -1.47. The maximum atomic E-state index is 12.4. The van der Waals surface area contributed by atoms with Crippen LogP contribution in [0.4, 0.5) is 0 Å².